The average molecular weight is 469 g/mol. The molecule has 2 heterocycles. The minimum absolute atomic E-state index is 0.171. The lowest BCUT2D eigenvalue weighted by Crippen LogP contribution is -2.57. The van der Waals surface area contributed by atoms with Crippen molar-refractivity contribution in [1.29, 1.82) is 0 Å². The van der Waals surface area contributed by atoms with Crippen LogP contribution in [0.3, 0.4) is 0 Å². The Labute approximate surface area is 167 Å². The first kappa shape index (κ1) is 21.4. The molecule has 0 saturated carbocycles. The zero-order valence-corrected chi connectivity index (χ0v) is 18.5. The third-order valence-electron chi connectivity index (χ3n) is 4.00. The Morgan fingerprint density at radius 3 is 2.46 bits per heavy atom. The fourth-order valence-electron chi connectivity index (χ4n) is 3.01. The van der Waals surface area contributed by atoms with Gasteiger partial charge in [0.2, 0.25) is 10.0 Å². The van der Waals surface area contributed by atoms with Gasteiger partial charge in [-0.3, -0.25) is 0 Å². The molecule has 1 aliphatic heterocycles. The number of hydrogen-bond acceptors (Lipinski definition) is 5. The molecule has 1 fully saturated rings. The number of halogens is 2. The standard InChI is InChI=1S/C16H23BrClN3O4S/c1-10-14(11-8-12(17)19-13(18)9-11)21(26(5,23)24)7-6-20(10)15(22)25-16(2,3)4/h8-10,14H,6-7H2,1-5H3. The summed E-state index contributed by atoms with van der Waals surface area (Å²) in [6, 6.07) is 2.29. The number of nitrogens with zero attached hydrogens (tertiary/aromatic N) is 3. The Hall–Kier alpha value is -0.900. The molecule has 0 spiro atoms. The molecule has 146 valence electrons. The lowest BCUT2D eigenvalue weighted by Gasteiger charge is -2.45. The van der Waals surface area contributed by atoms with Crippen molar-refractivity contribution in [2.24, 2.45) is 0 Å². The summed E-state index contributed by atoms with van der Waals surface area (Å²) in [5.41, 5.74) is 0.0200. The van der Waals surface area contributed by atoms with Crippen molar-refractivity contribution in [3.63, 3.8) is 0 Å². The summed E-state index contributed by atoms with van der Waals surface area (Å²) in [7, 11) is -3.49. The second kappa shape index (κ2) is 7.61. The van der Waals surface area contributed by atoms with E-state index in [1.165, 1.54) is 4.31 Å². The number of sulfonamides is 1. The second-order valence-corrected chi connectivity index (χ2v) is 10.4. The summed E-state index contributed by atoms with van der Waals surface area (Å²) < 4.78 is 32.0. The highest BCUT2D eigenvalue weighted by molar-refractivity contribution is 9.10. The predicted molar refractivity (Wildman–Crippen MR) is 104 cm³/mol. The van der Waals surface area contributed by atoms with Crippen LogP contribution in [-0.4, -0.2) is 59.7 Å². The molecule has 2 atom stereocenters. The quantitative estimate of drug-likeness (QED) is 0.621. The highest BCUT2D eigenvalue weighted by atomic mass is 79.9. The van der Waals surface area contributed by atoms with E-state index >= 15 is 0 Å². The second-order valence-electron chi connectivity index (χ2n) is 7.28. The maximum atomic E-state index is 12.6. The molecular formula is C16H23BrClN3O4S. The van der Waals surface area contributed by atoms with Gasteiger partial charge >= 0.3 is 6.09 Å². The van der Waals surface area contributed by atoms with Crippen molar-refractivity contribution in [1.82, 2.24) is 14.2 Å². The van der Waals surface area contributed by atoms with E-state index in [0.29, 0.717) is 10.2 Å². The van der Waals surface area contributed by atoms with Gasteiger partial charge in [-0.1, -0.05) is 11.6 Å². The normalized spacial score (nSPS) is 22.3. The van der Waals surface area contributed by atoms with Gasteiger partial charge in [0.05, 0.1) is 18.3 Å². The molecule has 0 aromatic carbocycles. The van der Waals surface area contributed by atoms with Crippen molar-refractivity contribution in [2.75, 3.05) is 19.3 Å². The minimum Gasteiger partial charge on any atom is -0.444 e. The number of amides is 1. The highest BCUT2D eigenvalue weighted by Gasteiger charge is 2.42. The summed E-state index contributed by atoms with van der Waals surface area (Å²) in [5, 5.41) is 0.240. The molecule has 1 saturated heterocycles. The monoisotopic (exact) mass is 467 g/mol. The number of hydrogen-bond donors (Lipinski definition) is 0. The van der Waals surface area contributed by atoms with Crippen LogP contribution in [0.15, 0.2) is 16.7 Å². The molecule has 1 amide bonds. The molecule has 0 N–H and O–H groups in total. The van der Waals surface area contributed by atoms with Crippen LogP contribution in [0.4, 0.5) is 4.79 Å². The molecular weight excluding hydrogens is 446 g/mol. The third kappa shape index (κ3) is 5.09. The van der Waals surface area contributed by atoms with Crippen LogP contribution in [0, 0.1) is 0 Å². The van der Waals surface area contributed by atoms with Gasteiger partial charge in [-0.25, -0.2) is 18.2 Å². The maximum absolute atomic E-state index is 12.6. The fourth-order valence-corrected chi connectivity index (χ4v) is 4.91. The smallest absolute Gasteiger partial charge is 0.410 e. The molecule has 7 nitrogen and oxygen atoms in total. The molecule has 0 radical (unpaired) electrons. The van der Waals surface area contributed by atoms with Gasteiger partial charge in [0.15, 0.2) is 0 Å². The summed E-state index contributed by atoms with van der Waals surface area (Å²) in [5.74, 6) is 0. The van der Waals surface area contributed by atoms with E-state index in [2.05, 4.69) is 20.9 Å². The SMILES string of the molecule is CC1C(c2cc(Cl)nc(Br)c2)N(S(C)(=O)=O)CCN1C(=O)OC(C)(C)C. The van der Waals surface area contributed by atoms with Crippen molar-refractivity contribution in [2.45, 2.75) is 45.4 Å². The molecule has 1 aromatic heterocycles. The largest absolute Gasteiger partial charge is 0.444 e. The number of carbonyl (C=O) groups is 1. The predicted octanol–water partition coefficient (Wildman–Crippen LogP) is 3.44. The number of pyridine rings is 1. The first-order valence-corrected chi connectivity index (χ1v) is 11.1. The summed E-state index contributed by atoms with van der Waals surface area (Å²) in [6.45, 7) is 7.59. The van der Waals surface area contributed by atoms with E-state index < -0.39 is 33.8 Å². The Kier molecular flexibility index (Phi) is 6.27. The number of ether oxygens (including phenoxy) is 1. The molecule has 0 aliphatic carbocycles. The molecule has 2 rings (SSSR count). The number of piperazine rings is 1. The lowest BCUT2D eigenvalue weighted by atomic mass is 9.98. The number of carbonyl (C=O) groups excluding carboxylic acids is 1. The fraction of sp³-hybridized carbons (Fsp3) is 0.625. The lowest BCUT2D eigenvalue weighted by molar-refractivity contribution is -0.00204. The first-order chi connectivity index (χ1) is 11.8. The molecule has 2 unspecified atom stereocenters. The van der Waals surface area contributed by atoms with E-state index in [1.807, 2.05) is 0 Å². The van der Waals surface area contributed by atoms with Gasteiger partial charge in [-0.05, 0) is 61.3 Å². The highest BCUT2D eigenvalue weighted by Crippen LogP contribution is 2.35. The van der Waals surface area contributed by atoms with Crippen molar-refractivity contribution in [3.8, 4) is 0 Å². The first-order valence-electron chi connectivity index (χ1n) is 8.09. The molecule has 26 heavy (non-hydrogen) atoms. The van der Waals surface area contributed by atoms with Crippen LogP contribution in [0.25, 0.3) is 0 Å². The van der Waals surface area contributed by atoms with Gasteiger partial charge in [0, 0.05) is 13.1 Å². The molecule has 0 bridgehead atoms. The van der Waals surface area contributed by atoms with E-state index in [-0.39, 0.29) is 18.2 Å². The van der Waals surface area contributed by atoms with E-state index in [1.54, 1.807) is 44.7 Å². The van der Waals surface area contributed by atoms with Crippen LogP contribution in [0.2, 0.25) is 5.15 Å². The Balaban J connectivity index is 2.44. The molecule has 10 heteroatoms. The summed E-state index contributed by atoms with van der Waals surface area (Å²) in [4.78, 5) is 18.2. The molecule has 1 aliphatic rings. The van der Waals surface area contributed by atoms with Crippen LogP contribution < -0.4 is 0 Å². The van der Waals surface area contributed by atoms with Crippen LogP contribution >= 0.6 is 27.5 Å². The number of rotatable bonds is 2. The maximum Gasteiger partial charge on any atom is 0.410 e. The summed E-state index contributed by atoms with van der Waals surface area (Å²) >= 11 is 9.34. The van der Waals surface area contributed by atoms with Gasteiger partial charge < -0.3 is 9.64 Å². The van der Waals surface area contributed by atoms with Crippen molar-refractivity contribution in [3.05, 3.63) is 27.5 Å². The Morgan fingerprint density at radius 2 is 1.96 bits per heavy atom. The van der Waals surface area contributed by atoms with Crippen LogP contribution in [0.5, 0.6) is 0 Å². The Morgan fingerprint density at radius 1 is 1.35 bits per heavy atom. The Bertz CT molecular complexity index is 777. The van der Waals surface area contributed by atoms with Crippen molar-refractivity contribution < 1.29 is 17.9 Å². The molecule has 1 aromatic rings. The summed E-state index contributed by atoms with van der Waals surface area (Å²) in [6.07, 6.45) is 0.690. The zero-order valence-electron chi connectivity index (χ0n) is 15.4. The topological polar surface area (TPSA) is 79.8 Å². The van der Waals surface area contributed by atoms with Crippen LogP contribution in [-0.2, 0) is 14.8 Å². The number of aromatic nitrogens is 1. The third-order valence-corrected chi connectivity index (χ3v) is 5.86. The van der Waals surface area contributed by atoms with Gasteiger partial charge in [0.25, 0.3) is 0 Å². The van der Waals surface area contributed by atoms with Crippen LogP contribution in [0.1, 0.15) is 39.3 Å². The van der Waals surface area contributed by atoms with E-state index in [9.17, 15) is 13.2 Å². The van der Waals surface area contributed by atoms with Gasteiger partial charge in [-0.15, -0.1) is 0 Å². The van der Waals surface area contributed by atoms with E-state index in [0.717, 1.165) is 6.26 Å². The average Bonchev–Trinajstić information content (AvgIpc) is 2.42. The van der Waals surface area contributed by atoms with E-state index in [4.69, 9.17) is 16.3 Å². The van der Waals surface area contributed by atoms with Crippen molar-refractivity contribution >= 4 is 43.6 Å². The zero-order chi connectivity index (χ0) is 19.9. The van der Waals surface area contributed by atoms with Gasteiger partial charge in [-0.2, -0.15) is 4.31 Å². The minimum atomic E-state index is -3.49. The van der Waals surface area contributed by atoms with Gasteiger partial charge in [0.1, 0.15) is 15.4 Å².